The fourth-order valence-electron chi connectivity index (χ4n) is 4.07. The summed E-state index contributed by atoms with van der Waals surface area (Å²) in [7, 11) is 0. The van der Waals surface area contributed by atoms with Crippen LogP contribution in [0.15, 0.2) is 43.0 Å². The molecule has 168 valence electrons. The highest BCUT2D eigenvalue weighted by Gasteiger charge is 2.18. The lowest BCUT2D eigenvalue weighted by Crippen LogP contribution is -2.25. The summed E-state index contributed by atoms with van der Waals surface area (Å²) in [6.45, 7) is 12.3. The molecule has 1 saturated heterocycles. The molecule has 4 rings (SSSR count). The second kappa shape index (κ2) is 9.82. The molecule has 1 aliphatic rings. The number of nitrogens with zero attached hydrogens (tertiary/aromatic N) is 4. The molecule has 2 aromatic heterocycles. The summed E-state index contributed by atoms with van der Waals surface area (Å²) in [6, 6.07) is 9.18. The van der Waals surface area contributed by atoms with Gasteiger partial charge < -0.3 is 10.1 Å². The van der Waals surface area contributed by atoms with Gasteiger partial charge in [0.25, 0.3) is 5.91 Å². The van der Waals surface area contributed by atoms with E-state index in [-0.39, 0.29) is 5.91 Å². The average molecular weight is 435 g/mol. The highest BCUT2D eigenvalue weighted by Crippen LogP contribution is 2.26. The van der Waals surface area contributed by atoms with Crippen molar-refractivity contribution in [3.63, 3.8) is 0 Å². The van der Waals surface area contributed by atoms with E-state index in [1.54, 1.807) is 12.1 Å². The van der Waals surface area contributed by atoms with Gasteiger partial charge in [-0.05, 0) is 70.1 Å². The number of ether oxygens (including phenoxy) is 1. The summed E-state index contributed by atoms with van der Waals surface area (Å²) in [5.41, 5.74) is 4.56. The highest BCUT2D eigenvalue weighted by molar-refractivity contribution is 6.03. The van der Waals surface area contributed by atoms with Gasteiger partial charge in [0, 0.05) is 23.5 Å². The van der Waals surface area contributed by atoms with Gasteiger partial charge in [-0.2, -0.15) is 10.2 Å². The minimum Gasteiger partial charge on any atom is -0.492 e. The first-order valence-corrected chi connectivity index (χ1v) is 11.0. The molecule has 1 aromatic carbocycles. The fraction of sp³-hybridized carbons (Fsp3) is 0.375. The summed E-state index contributed by atoms with van der Waals surface area (Å²) >= 11 is 0. The van der Waals surface area contributed by atoms with Crippen LogP contribution in [0.2, 0.25) is 0 Å². The van der Waals surface area contributed by atoms with Crippen LogP contribution >= 0.6 is 0 Å². The molecule has 0 spiro atoms. The number of carbonyl (C=O) groups excluding carboxylic acids is 1. The van der Waals surface area contributed by atoms with Crippen LogP contribution in [0.4, 0.5) is 5.69 Å². The molecule has 0 radical (unpaired) electrons. The molecular formula is C24H30N6O2. The summed E-state index contributed by atoms with van der Waals surface area (Å²) < 4.78 is 7.70. The Morgan fingerprint density at radius 1 is 1.25 bits per heavy atom. The maximum Gasteiger partial charge on any atom is 0.273 e. The first kappa shape index (κ1) is 21.8. The van der Waals surface area contributed by atoms with Gasteiger partial charge in [0.2, 0.25) is 0 Å². The van der Waals surface area contributed by atoms with Crippen LogP contribution in [0, 0.1) is 13.8 Å². The van der Waals surface area contributed by atoms with Gasteiger partial charge >= 0.3 is 0 Å². The minimum atomic E-state index is -0.250. The topological polar surface area (TPSA) is 88.1 Å². The van der Waals surface area contributed by atoms with Gasteiger partial charge in [0.1, 0.15) is 18.1 Å². The van der Waals surface area contributed by atoms with Crippen LogP contribution in [-0.4, -0.2) is 57.0 Å². The van der Waals surface area contributed by atoms with Crippen LogP contribution in [0.3, 0.4) is 0 Å². The van der Waals surface area contributed by atoms with E-state index < -0.39 is 0 Å². The molecule has 2 N–H and O–H groups in total. The van der Waals surface area contributed by atoms with Crippen LogP contribution in [-0.2, 0) is 6.54 Å². The van der Waals surface area contributed by atoms with E-state index in [2.05, 4.69) is 32.1 Å². The molecule has 1 amide bonds. The largest absolute Gasteiger partial charge is 0.492 e. The van der Waals surface area contributed by atoms with E-state index in [4.69, 9.17) is 4.74 Å². The number of hydrogen-bond donors (Lipinski definition) is 2. The second-order valence-corrected chi connectivity index (χ2v) is 8.06. The monoisotopic (exact) mass is 434 g/mol. The summed E-state index contributed by atoms with van der Waals surface area (Å²) in [5, 5.41) is 14.6. The molecule has 0 saturated carbocycles. The van der Waals surface area contributed by atoms with Gasteiger partial charge in [-0.1, -0.05) is 6.08 Å². The number of allylic oxidation sites excluding steroid dienone is 1. The average Bonchev–Trinajstić information content (AvgIpc) is 3.52. The summed E-state index contributed by atoms with van der Waals surface area (Å²) in [5.74, 6) is 0.550. The SMILES string of the molecule is C=CCn1nc(C)c(-c2cc(C(=O)Nc3ccc(OCCN4CCCC4)cc3)[nH]n2)c1C. The van der Waals surface area contributed by atoms with Gasteiger partial charge in [-0.25, -0.2) is 0 Å². The van der Waals surface area contributed by atoms with E-state index in [9.17, 15) is 4.79 Å². The number of benzene rings is 1. The number of nitrogens with one attached hydrogen (secondary N) is 2. The number of rotatable bonds is 9. The smallest absolute Gasteiger partial charge is 0.273 e. The molecule has 32 heavy (non-hydrogen) atoms. The highest BCUT2D eigenvalue weighted by atomic mass is 16.5. The van der Waals surface area contributed by atoms with Crippen molar-refractivity contribution in [2.45, 2.75) is 33.2 Å². The molecule has 8 heteroatoms. The Morgan fingerprint density at radius 3 is 2.72 bits per heavy atom. The Hall–Kier alpha value is -3.39. The molecule has 0 unspecified atom stereocenters. The first-order chi connectivity index (χ1) is 15.5. The van der Waals surface area contributed by atoms with Crippen LogP contribution in [0.5, 0.6) is 5.75 Å². The van der Waals surface area contributed by atoms with Gasteiger partial charge in [0.05, 0.1) is 17.9 Å². The third-order valence-electron chi connectivity index (χ3n) is 5.75. The Bertz CT molecular complexity index is 1080. The quantitative estimate of drug-likeness (QED) is 0.500. The number of aryl methyl sites for hydroxylation is 1. The van der Waals surface area contributed by atoms with Gasteiger partial charge in [-0.15, -0.1) is 6.58 Å². The van der Waals surface area contributed by atoms with E-state index in [1.807, 2.05) is 42.8 Å². The Kier molecular flexibility index (Phi) is 6.70. The molecule has 0 bridgehead atoms. The van der Waals surface area contributed by atoms with Gasteiger partial charge in [-0.3, -0.25) is 19.5 Å². The number of amides is 1. The van der Waals surface area contributed by atoms with Crippen molar-refractivity contribution in [3.05, 3.63) is 60.1 Å². The van der Waals surface area contributed by atoms with Crippen molar-refractivity contribution in [1.82, 2.24) is 24.9 Å². The standard InChI is InChI=1S/C24H30N6O2/c1-4-11-30-18(3)23(17(2)28-30)21-16-22(27-26-21)24(31)25-19-7-9-20(10-8-19)32-15-14-29-12-5-6-13-29/h4,7-10,16H,1,5-6,11-15H2,2-3H3,(H,25,31)(H,26,27). The van der Waals surface area contributed by atoms with Crippen molar-refractivity contribution < 1.29 is 9.53 Å². The van der Waals surface area contributed by atoms with Crippen molar-refractivity contribution in [1.29, 1.82) is 0 Å². The number of aromatic amines is 1. The molecule has 1 aliphatic heterocycles. The van der Waals surface area contributed by atoms with E-state index in [1.165, 1.54) is 25.9 Å². The zero-order valence-corrected chi connectivity index (χ0v) is 18.7. The van der Waals surface area contributed by atoms with Crippen LogP contribution in [0.1, 0.15) is 34.7 Å². The number of anilines is 1. The number of aromatic nitrogens is 4. The summed E-state index contributed by atoms with van der Waals surface area (Å²) in [4.78, 5) is 15.1. The maximum atomic E-state index is 12.7. The minimum absolute atomic E-state index is 0.250. The maximum absolute atomic E-state index is 12.7. The summed E-state index contributed by atoms with van der Waals surface area (Å²) in [6.07, 6.45) is 4.37. The number of hydrogen-bond acceptors (Lipinski definition) is 5. The normalized spacial score (nSPS) is 13.9. The molecular weight excluding hydrogens is 404 g/mol. The van der Waals surface area contributed by atoms with Crippen molar-refractivity contribution >= 4 is 11.6 Å². The Labute approximate surface area is 188 Å². The number of carbonyl (C=O) groups is 1. The van der Waals surface area contributed by atoms with Crippen molar-refractivity contribution in [3.8, 4) is 17.0 Å². The second-order valence-electron chi connectivity index (χ2n) is 8.06. The van der Waals surface area contributed by atoms with Crippen LogP contribution < -0.4 is 10.1 Å². The lowest BCUT2D eigenvalue weighted by molar-refractivity contribution is 0.102. The van der Waals surface area contributed by atoms with Crippen molar-refractivity contribution in [2.75, 3.05) is 31.6 Å². The zero-order valence-electron chi connectivity index (χ0n) is 18.7. The lowest BCUT2D eigenvalue weighted by atomic mass is 10.1. The number of likely N-dealkylation sites (tertiary alicyclic amines) is 1. The van der Waals surface area contributed by atoms with Crippen LogP contribution in [0.25, 0.3) is 11.3 Å². The molecule has 1 fully saturated rings. The molecule has 3 heterocycles. The van der Waals surface area contributed by atoms with E-state index >= 15 is 0 Å². The van der Waals surface area contributed by atoms with Crippen molar-refractivity contribution in [2.24, 2.45) is 0 Å². The number of H-pyrrole nitrogens is 1. The van der Waals surface area contributed by atoms with E-state index in [0.717, 1.165) is 29.2 Å². The molecule has 8 nitrogen and oxygen atoms in total. The first-order valence-electron chi connectivity index (χ1n) is 11.0. The predicted octanol–water partition coefficient (Wildman–Crippen LogP) is 3.80. The Balaban J connectivity index is 1.35. The van der Waals surface area contributed by atoms with Gasteiger partial charge in [0.15, 0.2) is 0 Å². The van der Waals surface area contributed by atoms with E-state index in [0.29, 0.717) is 30.2 Å². The third-order valence-corrected chi connectivity index (χ3v) is 5.75. The third kappa shape index (κ3) is 4.91. The molecule has 0 atom stereocenters. The zero-order chi connectivity index (χ0) is 22.5. The predicted molar refractivity (Wildman–Crippen MR) is 125 cm³/mol. The molecule has 3 aromatic rings. The molecule has 0 aliphatic carbocycles. The Morgan fingerprint density at radius 2 is 2.00 bits per heavy atom. The lowest BCUT2D eigenvalue weighted by Gasteiger charge is -2.15. The fourth-order valence-corrected chi connectivity index (χ4v) is 4.07.